The van der Waals surface area contributed by atoms with Crippen LogP contribution in [0.15, 0.2) is 108 Å². The first-order chi connectivity index (χ1) is 21.1. The van der Waals surface area contributed by atoms with Gasteiger partial charge in [-0.25, -0.2) is 8.42 Å². The summed E-state index contributed by atoms with van der Waals surface area (Å²) in [6.45, 7) is 3.43. The van der Waals surface area contributed by atoms with Gasteiger partial charge in [0.15, 0.2) is 0 Å². The van der Waals surface area contributed by atoms with Crippen LogP contribution < -0.4 is 14.4 Å². The van der Waals surface area contributed by atoms with Gasteiger partial charge in [-0.3, -0.25) is 13.9 Å². The summed E-state index contributed by atoms with van der Waals surface area (Å²) < 4.78 is 35.3. The summed E-state index contributed by atoms with van der Waals surface area (Å²) in [6, 6.07) is 28.5. The maximum atomic E-state index is 14.4. The molecule has 4 rings (SSSR count). The van der Waals surface area contributed by atoms with Gasteiger partial charge < -0.3 is 15.0 Å². The second kappa shape index (κ2) is 14.9. The van der Waals surface area contributed by atoms with E-state index >= 15 is 0 Å². The number of halogens is 1. The summed E-state index contributed by atoms with van der Waals surface area (Å²) in [5, 5.41) is 3.21. The fourth-order valence-electron chi connectivity index (χ4n) is 4.80. The molecule has 0 heterocycles. The lowest BCUT2D eigenvalue weighted by atomic mass is 10.0. The molecule has 0 spiro atoms. The van der Waals surface area contributed by atoms with Crippen molar-refractivity contribution in [3.63, 3.8) is 0 Å². The number of sulfonamides is 1. The highest BCUT2D eigenvalue weighted by Crippen LogP contribution is 2.33. The van der Waals surface area contributed by atoms with E-state index in [2.05, 4.69) is 5.32 Å². The maximum Gasteiger partial charge on any atom is 0.264 e. The van der Waals surface area contributed by atoms with Gasteiger partial charge >= 0.3 is 0 Å². The molecule has 4 aromatic carbocycles. The normalized spacial score (nSPS) is 11.8. The smallest absolute Gasteiger partial charge is 0.264 e. The van der Waals surface area contributed by atoms with E-state index in [1.807, 2.05) is 37.3 Å². The second-order valence-electron chi connectivity index (χ2n) is 10.2. The molecule has 1 atom stereocenters. The average Bonchev–Trinajstić information content (AvgIpc) is 3.03. The minimum atomic E-state index is -4.24. The van der Waals surface area contributed by atoms with Crippen LogP contribution in [0, 0.1) is 6.92 Å². The molecule has 44 heavy (non-hydrogen) atoms. The zero-order chi connectivity index (χ0) is 31.7. The fraction of sp³-hybridized carbons (Fsp3) is 0.235. The minimum Gasteiger partial charge on any atom is -0.492 e. The highest BCUT2D eigenvalue weighted by Gasteiger charge is 2.35. The van der Waals surface area contributed by atoms with E-state index in [0.717, 1.165) is 21.0 Å². The van der Waals surface area contributed by atoms with Crippen LogP contribution in [0.4, 0.5) is 5.69 Å². The van der Waals surface area contributed by atoms with Crippen LogP contribution in [0.5, 0.6) is 5.75 Å². The number of aryl methyl sites for hydroxylation is 1. The molecule has 4 aromatic rings. The van der Waals surface area contributed by atoms with Gasteiger partial charge in [0.05, 0.1) is 17.2 Å². The van der Waals surface area contributed by atoms with Crippen molar-refractivity contribution in [1.82, 2.24) is 10.2 Å². The molecule has 0 fully saturated rings. The van der Waals surface area contributed by atoms with Gasteiger partial charge in [-0.15, -0.1) is 0 Å². The van der Waals surface area contributed by atoms with Gasteiger partial charge in [-0.1, -0.05) is 83.9 Å². The van der Waals surface area contributed by atoms with E-state index in [-0.39, 0.29) is 29.5 Å². The molecule has 0 aromatic heterocycles. The molecular formula is C34H36ClN3O5S. The fourth-order valence-corrected chi connectivity index (χ4v) is 6.35. The Morgan fingerprint density at radius 3 is 2.14 bits per heavy atom. The van der Waals surface area contributed by atoms with Crippen LogP contribution >= 0.6 is 11.6 Å². The molecule has 0 saturated heterocycles. The van der Waals surface area contributed by atoms with Crippen molar-refractivity contribution in [2.45, 2.75) is 37.8 Å². The first-order valence-corrected chi connectivity index (χ1v) is 16.1. The number of nitrogens with one attached hydrogen (secondary N) is 1. The molecule has 1 N–H and O–H groups in total. The minimum absolute atomic E-state index is 0.0265. The predicted octanol–water partition coefficient (Wildman–Crippen LogP) is 5.63. The Labute approximate surface area is 264 Å². The predicted molar refractivity (Wildman–Crippen MR) is 173 cm³/mol. The van der Waals surface area contributed by atoms with Gasteiger partial charge in [-0.2, -0.15) is 0 Å². The summed E-state index contributed by atoms with van der Waals surface area (Å²) in [4.78, 5) is 29.3. The van der Waals surface area contributed by atoms with Gasteiger partial charge in [0.25, 0.3) is 10.0 Å². The number of anilines is 1. The largest absolute Gasteiger partial charge is 0.492 e. The van der Waals surface area contributed by atoms with Crippen molar-refractivity contribution in [2.75, 3.05) is 24.5 Å². The number of carbonyl (C=O) groups excluding carboxylic acids is 2. The quantitative estimate of drug-likeness (QED) is 0.206. The molecule has 0 radical (unpaired) electrons. The highest BCUT2D eigenvalue weighted by atomic mass is 35.5. The van der Waals surface area contributed by atoms with Crippen LogP contribution in [-0.4, -0.2) is 51.4 Å². The standard InChI is InChI=1S/C34H36ClN3O5S/c1-4-43-32-13-9-8-12-30(32)38(44(41,42)29-20-14-25(2)15-21-29)24-33(39)37(23-27-16-18-28(35)19-17-27)31(34(40)36-3)22-26-10-6-5-7-11-26/h5-21,31H,4,22-24H2,1-3H3,(H,36,40). The van der Waals surface area contributed by atoms with Gasteiger partial charge in [0.2, 0.25) is 11.8 Å². The highest BCUT2D eigenvalue weighted by molar-refractivity contribution is 7.92. The first kappa shape index (κ1) is 32.6. The third kappa shape index (κ3) is 7.98. The lowest BCUT2D eigenvalue weighted by Crippen LogP contribution is -2.53. The molecule has 230 valence electrons. The average molecular weight is 634 g/mol. The van der Waals surface area contributed by atoms with Crippen LogP contribution in [0.1, 0.15) is 23.6 Å². The summed E-state index contributed by atoms with van der Waals surface area (Å²) in [6.07, 6.45) is 0.222. The molecule has 0 saturated carbocycles. The zero-order valence-electron chi connectivity index (χ0n) is 24.9. The molecule has 0 aliphatic rings. The molecule has 2 amide bonds. The number of hydrogen-bond acceptors (Lipinski definition) is 5. The topological polar surface area (TPSA) is 96.0 Å². The van der Waals surface area contributed by atoms with Crippen LogP contribution in [0.2, 0.25) is 5.02 Å². The van der Waals surface area contributed by atoms with E-state index in [1.54, 1.807) is 67.6 Å². The molecule has 10 heteroatoms. The van der Waals surface area contributed by atoms with E-state index in [1.165, 1.54) is 24.1 Å². The Bertz CT molecular complexity index is 1660. The Hall–Kier alpha value is -4.34. The summed E-state index contributed by atoms with van der Waals surface area (Å²) in [5.41, 5.74) is 2.69. The van der Waals surface area contributed by atoms with Crippen molar-refractivity contribution in [1.29, 1.82) is 0 Å². The Morgan fingerprint density at radius 2 is 1.50 bits per heavy atom. The molecule has 8 nitrogen and oxygen atoms in total. The van der Waals surface area contributed by atoms with Crippen LogP contribution in [-0.2, 0) is 32.6 Å². The van der Waals surface area contributed by atoms with Crippen LogP contribution in [0.3, 0.4) is 0 Å². The maximum absolute atomic E-state index is 14.4. The number of rotatable bonds is 13. The van der Waals surface area contributed by atoms with Crippen molar-refractivity contribution in [2.24, 2.45) is 0 Å². The number of hydrogen-bond donors (Lipinski definition) is 1. The zero-order valence-corrected chi connectivity index (χ0v) is 26.5. The number of likely N-dealkylation sites (N-methyl/N-ethyl adjacent to an activating group) is 1. The third-order valence-electron chi connectivity index (χ3n) is 7.11. The SMILES string of the molecule is CCOc1ccccc1N(CC(=O)N(Cc1ccc(Cl)cc1)C(Cc1ccccc1)C(=O)NC)S(=O)(=O)c1ccc(C)cc1. The molecule has 1 unspecified atom stereocenters. The number of carbonyl (C=O) groups is 2. The van der Waals surface area contributed by atoms with Crippen molar-refractivity contribution < 1.29 is 22.7 Å². The summed E-state index contributed by atoms with van der Waals surface area (Å²) in [5.74, 6) is -0.625. The lowest BCUT2D eigenvalue weighted by molar-refractivity contribution is -0.139. The number of benzene rings is 4. The molecule has 0 aliphatic carbocycles. The molecule has 0 bridgehead atoms. The third-order valence-corrected chi connectivity index (χ3v) is 9.13. The van der Waals surface area contributed by atoms with E-state index in [4.69, 9.17) is 16.3 Å². The van der Waals surface area contributed by atoms with Crippen LogP contribution in [0.25, 0.3) is 0 Å². The Morgan fingerprint density at radius 1 is 0.864 bits per heavy atom. The van der Waals surface area contributed by atoms with Crippen molar-refractivity contribution >= 4 is 39.1 Å². The second-order valence-corrected chi connectivity index (χ2v) is 12.5. The van der Waals surface area contributed by atoms with Gasteiger partial charge in [0, 0.05) is 25.0 Å². The number of amides is 2. The van der Waals surface area contributed by atoms with E-state index < -0.39 is 28.5 Å². The van der Waals surface area contributed by atoms with Crippen molar-refractivity contribution in [3.8, 4) is 5.75 Å². The lowest BCUT2D eigenvalue weighted by Gasteiger charge is -2.34. The molecule has 0 aliphatic heterocycles. The summed E-state index contributed by atoms with van der Waals surface area (Å²) in [7, 11) is -2.73. The number of ether oxygens (including phenoxy) is 1. The monoisotopic (exact) mass is 633 g/mol. The first-order valence-electron chi connectivity index (χ1n) is 14.2. The molecular weight excluding hydrogens is 598 g/mol. The number of nitrogens with zero attached hydrogens (tertiary/aromatic N) is 2. The van der Waals surface area contributed by atoms with E-state index in [0.29, 0.717) is 17.4 Å². The Kier molecular flexibility index (Phi) is 11.0. The number of para-hydroxylation sites is 2. The summed E-state index contributed by atoms with van der Waals surface area (Å²) >= 11 is 6.12. The van der Waals surface area contributed by atoms with Crippen molar-refractivity contribution in [3.05, 3.63) is 125 Å². The van der Waals surface area contributed by atoms with Gasteiger partial charge in [0.1, 0.15) is 18.3 Å². The van der Waals surface area contributed by atoms with Gasteiger partial charge in [-0.05, 0) is 61.4 Å². The van der Waals surface area contributed by atoms with E-state index in [9.17, 15) is 18.0 Å². The Balaban J connectivity index is 1.82.